The molecule has 2 aromatic carbocycles. The molecule has 2 heterocycles. The van der Waals surface area contributed by atoms with E-state index < -0.39 is 39.1 Å². The lowest BCUT2D eigenvalue weighted by atomic mass is 9.92. The number of Topliss-reactive ketones (excluding diaryl/α,β-unsaturated/α-hetero) is 1. The number of fused-ring (bicyclic) bond motifs is 1. The number of carbonyl (C=O) groups is 2. The summed E-state index contributed by atoms with van der Waals surface area (Å²) in [6.07, 6.45) is 2.41. The molecule has 2 N–H and O–H groups in total. The monoisotopic (exact) mass is 504 g/mol. The van der Waals surface area contributed by atoms with E-state index in [1.165, 1.54) is 18.1 Å². The van der Waals surface area contributed by atoms with E-state index in [2.05, 4.69) is 0 Å². The topological polar surface area (TPSA) is 116 Å². The van der Waals surface area contributed by atoms with Crippen molar-refractivity contribution in [1.29, 1.82) is 0 Å². The molecule has 0 saturated carbocycles. The summed E-state index contributed by atoms with van der Waals surface area (Å²) < 4.78 is 51.5. The normalized spacial score (nSPS) is 20.3. The predicted octanol–water partition coefficient (Wildman–Crippen LogP) is 2.87. The lowest BCUT2D eigenvalue weighted by Gasteiger charge is -2.25. The first-order valence-electron chi connectivity index (χ1n) is 11.6. The van der Waals surface area contributed by atoms with Crippen molar-refractivity contribution >= 4 is 27.2 Å². The number of hydrogen-bond acceptors (Lipinski definition) is 7. The SMILES string of the molecule is COc1ccc(CN2C(=O)[C@@H](N)CS(=O)(=O)c3cc(F)c(C(=O)CCC4CCOCC4)cc32)cc1. The molecule has 0 unspecified atom stereocenters. The summed E-state index contributed by atoms with van der Waals surface area (Å²) in [5, 5.41) is 0. The first kappa shape index (κ1) is 25.3. The van der Waals surface area contributed by atoms with Crippen molar-refractivity contribution in [2.45, 2.75) is 43.2 Å². The molecule has 2 aromatic rings. The Hall–Kier alpha value is -2.82. The molecule has 0 spiro atoms. The molecular weight excluding hydrogens is 475 g/mol. The molecule has 0 aromatic heterocycles. The number of sulfone groups is 1. The van der Waals surface area contributed by atoms with Crippen LogP contribution in [0.5, 0.6) is 5.75 Å². The van der Waals surface area contributed by atoms with Crippen molar-refractivity contribution < 1.29 is 31.9 Å². The van der Waals surface area contributed by atoms with Crippen molar-refractivity contribution in [2.24, 2.45) is 11.7 Å². The second kappa shape index (κ2) is 10.4. The number of amides is 1. The highest BCUT2D eigenvalue weighted by atomic mass is 32.2. The quantitative estimate of drug-likeness (QED) is 0.577. The van der Waals surface area contributed by atoms with E-state index in [9.17, 15) is 18.0 Å². The molecule has 8 nitrogen and oxygen atoms in total. The Labute approximate surface area is 204 Å². The highest BCUT2D eigenvalue weighted by Crippen LogP contribution is 2.35. The van der Waals surface area contributed by atoms with Gasteiger partial charge in [-0.15, -0.1) is 0 Å². The van der Waals surface area contributed by atoms with Crippen LogP contribution in [0.25, 0.3) is 0 Å². The molecular formula is C25H29FN2O6S. The number of rotatable bonds is 7. The molecule has 1 fully saturated rings. The third-order valence-corrected chi connectivity index (χ3v) is 8.37. The Balaban J connectivity index is 1.70. The summed E-state index contributed by atoms with van der Waals surface area (Å²) in [5.41, 5.74) is 6.36. The number of ether oxygens (including phenoxy) is 2. The highest BCUT2D eigenvalue weighted by Gasteiger charge is 2.37. The number of carbonyl (C=O) groups excluding carboxylic acids is 2. The second-order valence-corrected chi connectivity index (χ2v) is 11.0. The predicted molar refractivity (Wildman–Crippen MR) is 128 cm³/mol. The Bertz CT molecular complexity index is 1210. The number of nitrogens with two attached hydrogens (primary N) is 1. The summed E-state index contributed by atoms with van der Waals surface area (Å²) in [7, 11) is -2.53. The van der Waals surface area contributed by atoms with Crippen LogP contribution in [0.4, 0.5) is 10.1 Å². The average molecular weight is 505 g/mol. The van der Waals surface area contributed by atoms with Gasteiger partial charge in [-0.1, -0.05) is 12.1 Å². The van der Waals surface area contributed by atoms with Crippen LogP contribution in [-0.4, -0.2) is 52.2 Å². The largest absolute Gasteiger partial charge is 0.497 e. The van der Waals surface area contributed by atoms with E-state index in [4.69, 9.17) is 15.2 Å². The fraction of sp³-hybridized carbons (Fsp3) is 0.440. The van der Waals surface area contributed by atoms with Gasteiger partial charge in [-0.25, -0.2) is 12.8 Å². The van der Waals surface area contributed by atoms with Gasteiger partial charge in [0.25, 0.3) is 0 Å². The minimum atomic E-state index is -4.06. The molecule has 2 aliphatic rings. The lowest BCUT2D eigenvalue weighted by Crippen LogP contribution is -2.45. The van der Waals surface area contributed by atoms with E-state index in [0.717, 1.165) is 18.9 Å². The van der Waals surface area contributed by atoms with Crippen molar-refractivity contribution in [1.82, 2.24) is 0 Å². The maximum Gasteiger partial charge on any atom is 0.245 e. The third-order valence-electron chi connectivity index (χ3n) is 6.58. The van der Waals surface area contributed by atoms with Gasteiger partial charge in [-0.2, -0.15) is 0 Å². The van der Waals surface area contributed by atoms with E-state index in [0.29, 0.717) is 36.9 Å². The van der Waals surface area contributed by atoms with Gasteiger partial charge >= 0.3 is 0 Å². The molecule has 10 heteroatoms. The van der Waals surface area contributed by atoms with Crippen LogP contribution < -0.4 is 15.4 Å². The molecule has 2 aliphatic heterocycles. The maximum atomic E-state index is 15.0. The standard InChI is InChI=1S/C25H29FN2O6S/c1-33-18-5-2-17(3-6-18)14-28-22-12-19(23(29)7-4-16-8-10-34-11-9-16)20(26)13-24(22)35(31,32)15-21(27)25(28)30/h2-3,5-6,12-13,16,21H,4,7-11,14-15,27H2,1H3/t21-/m0/s1. The smallest absolute Gasteiger partial charge is 0.245 e. The van der Waals surface area contributed by atoms with Gasteiger partial charge < -0.3 is 20.1 Å². The number of anilines is 1. The van der Waals surface area contributed by atoms with Crippen molar-refractivity contribution in [3.8, 4) is 5.75 Å². The molecule has 188 valence electrons. The molecule has 1 atom stereocenters. The fourth-order valence-corrected chi connectivity index (χ4v) is 6.08. The molecule has 1 saturated heterocycles. The summed E-state index contributed by atoms with van der Waals surface area (Å²) in [6.45, 7) is 1.29. The van der Waals surface area contributed by atoms with Gasteiger partial charge in [-0.3, -0.25) is 9.59 Å². The zero-order valence-electron chi connectivity index (χ0n) is 19.5. The van der Waals surface area contributed by atoms with Crippen LogP contribution in [-0.2, 0) is 25.9 Å². The summed E-state index contributed by atoms with van der Waals surface area (Å²) in [6, 6.07) is 7.62. The summed E-state index contributed by atoms with van der Waals surface area (Å²) in [5.74, 6) is -1.67. The first-order valence-corrected chi connectivity index (χ1v) is 13.2. The zero-order chi connectivity index (χ0) is 25.2. The van der Waals surface area contributed by atoms with E-state index in [1.807, 2.05) is 0 Å². The molecule has 35 heavy (non-hydrogen) atoms. The number of nitrogens with zero attached hydrogens (tertiary/aromatic N) is 1. The minimum Gasteiger partial charge on any atom is -0.497 e. The van der Waals surface area contributed by atoms with E-state index >= 15 is 4.39 Å². The molecule has 1 amide bonds. The van der Waals surface area contributed by atoms with Gasteiger partial charge in [-0.05, 0) is 55.0 Å². The molecule has 0 aliphatic carbocycles. The fourth-order valence-electron chi connectivity index (χ4n) is 4.52. The maximum absolute atomic E-state index is 15.0. The average Bonchev–Trinajstić information content (AvgIpc) is 2.91. The Morgan fingerprint density at radius 1 is 1.20 bits per heavy atom. The molecule has 0 bridgehead atoms. The van der Waals surface area contributed by atoms with Gasteiger partial charge in [0.05, 0.1) is 41.6 Å². The summed E-state index contributed by atoms with van der Waals surface area (Å²) in [4.78, 5) is 27.0. The van der Waals surface area contributed by atoms with Gasteiger partial charge in [0.2, 0.25) is 5.91 Å². The third kappa shape index (κ3) is 5.55. The number of halogens is 1. The Morgan fingerprint density at radius 3 is 2.54 bits per heavy atom. The number of hydrogen-bond donors (Lipinski definition) is 1. The van der Waals surface area contributed by atoms with Crippen LogP contribution in [0.3, 0.4) is 0 Å². The van der Waals surface area contributed by atoms with Gasteiger partial charge in [0.1, 0.15) is 11.6 Å². The van der Waals surface area contributed by atoms with Gasteiger partial charge in [0.15, 0.2) is 15.6 Å². The Kier molecular flexibility index (Phi) is 7.53. The highest BCUT2D eigenvalue weighted by molar-refractivity contribution is 7.91. The Morgan fingerprint density at radius 2 is 1.89 bits per heavy atom. The van der Waals surface area contributed by atoms with Crippen molar-refractivity contribution in [2.75, 3.05) is 31.0 Å². The summed E-state index contributed by atoms with van der Waals surface area (Å²) >= 11 is 0. The van der Waals surface area contributed by atoms with Crippen molar-refractivity contribution in [3.63, 3.8) is 0 Å². The first-order chi connectivity index (χ1) is 16.7. The van der Waals surface area contributed by atoms with Crippen LogP contribution in [0.15, 0.2) is 41.3 Å². The van der Waals surface area contributed by atoms with E-state index in [-0.39, 0.29) is 29.1 Å². The van der Waals surface area contributed by atoms with Crippen LogP contribution in [0.2, 0.25) is 0 Å². The van der Waals surface area contributed by atoms with E-state index in [1.54, 1.807) is 24.3 Å². The number of methoxy groups -OCH3 is 1. The minimum absolute atomic E-state index is 0.000381. The van der Waals surface area contributed by atoms with Crippen molar-refractivity contribution in [3.05, 3.63) is 53.3 Å². The number of benzene rings is 2. The van der Waals surface area contributed by atoms with Crippen LogP contribution >= 0.6 is 0 Å². The van der Waals surface area contributed by atoms with Crippen LogP contribution in [0, 0.1) is 11.7 Å². The zero-order valence-corrected chi connectivity index (χ0v) is 20.4. The lowest BCUT2D eigenvalue weighted by molar-refractivity contribution is -0.119. The second-order valence-electron chi connectivity index (χ2n) is 8.98. The molecule has 0 radical (unpaired) electrons. The molecule has 4 rings (SSSR count). The number of ketones is 1. The van der Waals surface area contributed by atoms with Gasteiger partial charge in [0, 0.05) is 19.6 Å². The van der Waals surface area contributed by atoms with Crippen LogP contribution in [0.1, 0.15) is 41.6 Å².